The van der Waals surface area contributed by atoms with Gasteiger partial charge in [-0.2, -0.15) is 0 Å². The Balaban J connectivity index is 2.49. The van der Waals surface area contributed by atoms with Gasteiger partial charge in [0.25, 0.3) is 5.79 Å². The van der Waals surface area contributed by atoms with Gasteiger partial charge in [0.2, 0.25) is 5.91 Å². The molecule has 0 radical (unpaired) electrons. The first-order valence-electron chi connectivity index (χ1n) is 13.1. The van der Waals surface area contributed by atoms with Gasteiger partial charge < -0.3 is 90.6 Å². The van der Waals surface area contributed by atoms with Gasteiger partial charge in [-0.05, 0) is 0 Å². The van der Waals surface area contributed by atoms with Crippen molar-refractivity contribution in [2.45, 2.75) is 105 Å². The molecule has 20 heteroatoms. The Bertz CT molecular complexity index is 899. The zero-order valence-corrected chi connectivity index (χ0v) is 22.9. The van der Waals surface area contributed by atoms with Gasteiger partial charge in [0, 0.05) is 13.3 Å². The number of carbonyl (C=O) groups excluding carboxylic acids is 1. The van der Waals surface area contributed by atoms with Crippen molar-refractivity contribution in [1.29, 1.82) is 0 Å². The van der Waals surface area contributed by atoms with Crippen molar-refractivity contribution in [3.63, 3.8) is 0 Å². The summed E-state index contributed by atoms with van der Waals surface area (Å²) in [5.74, 6) is -5.82. The fourth-order valence-corrected chi connectivity index (χ4v) is 4.76. The highest BCUT2D eigenvalue weighted by Gasteiger charge is 2.59. The van der Waals surface area contributed by atoms with E-state index in [-0.39, 0.29) is 0 Å². The summed E-state index contributed by atoms with van der Waals surface area (Å²) in [6, 6.07) is -1.56. The molecule has 0 aromatic heterocycles. The smallest absolute Gasteiger partial charge is 0.364 e. The molecule has 15 atom stereocenters. The van der Waals surface area contributed by atoms with Gasteiger partial charge in [-0.1, -0.05) is 0 Å². The molecule has 43 heavy (non-hydrogen) atoms. The van der Waals surface area contributed by atoms with E-state index in [9.17, 15) is 70.9 Å². The quantitative estimate of drug-likeness (QED) is 0.0794. The number of carboxylic acids is 1. The van der Waals surface area contributed by atoms with E-state index in [2.05, 4.69) is 5.32 Å². The number of aliphatic carboxylic acids is 1. The number of amides is 1. The van der Waals surface area contributed by atoms with E-state index < -0.39 is 136 Å². The second kappa shape index (κ2) is 16.0. The summed E-state index contributed by atoms with van der Waals surface area (Å²) >= 11 is 0. The minimum Gasteiger partial charge on any atom is -0.477 e. The molecule has 2 saturated heterocycles. The van der Waals surface area contributed by atoms with Crippen LogP contribution in [0.1, 0.15) is 13.3 Å². The number of rotatable bonds is 15. The van der Waals surface area contributed by atoms with Crippen LogP contribution in [0.25, 0.3) is 0 Å². The van der Waals surface area contributed by atoms with Crippen molar-refractivity contribution in [3.05, 3.63) is 0 Å². The predicted octanol–water partition coefficient (Wildman–Crippen LogP) is -8.59. The molecule has 2 rings (SSSR count). The normalized spacial score (nSPS) is 37.5. The molecule has 0 bridgehead atoms. The predicted molar refractivity (Wildman–Crippen MR) is 132 cm³/mol. The molecule has 0 aromatic rings. The first-order chi connectivity index (χ1) is 20.1. The molecule has 0 aliphatic carbocycles. The first kappa shape index (κ1) is 37.5. The number of aliphatic hydroxyl groups excluding tert-OH is 12. The zero-order valence-electron chi connectivity index (χ0n) is 22.9. The number of carbonyl (C=O) groups is 2. The van der Waals surface area contributed by atoms with Crippen LogP contribution in [0, 0.1) is 0 Å². The largest absolute Gasteiger partial charge is 0.477 e. The average molecular weight is 636 g/mol. The Morgan fingerprint density at radius 1 is 0.930 bits per heavy atom. The molecule has 2 fully saturated rings. The SMILES string of the molecule is CC(=O)N[C@H]1[C@H]([C@H](O)[C@H](O)CO)O[C@@](OC2[C@@H](O)[C@H](O[C@@H]([C@H](O)[C@@H](O)CO)[C@H](O)CO)O[C@H](CO)[C@@H]2O)(C(=O)O)C[C@@H]1O. The highest BCUT2D eigenvalue weighted by Crippen LogP contribution is 2.37. The van der Waals surface area contributed by atoms with Gasteiger partial charge in [-0.3, -0.25) is 4.79 Å². The summed E-state index contributed by atoms with van der Waals surface area (Å²) in [4.78, 5) is 24.2. The van der Waals surface area contributed by atoms with E-state index in [1.807, 2.05) is 0 Å². The maximum Gasteiger partial charge on any atom is 0.364 e. The van der Waals surface area contributed by atoms with Gasteiger partial charge in [-0.15, -0.1) is 0 Å². The van der Waals surface area contributed by atoms with E-state index in [4.69, 9.17) is 24.1 Å². The van der Waals surface area contributed by atoms with Gasteiger partial charge >= 0.3 is 5.97 Å². The Morgan fingerprint density at radius 3 is 2.00 bits per heavy atom. The summed E-state index contributed by atoms with van der Waals surface area (Å²) in [7, 11) is 0. The van der Waals surface area contributed by atoms with Crippen LogP contribution < -0.4 is 5.32 Å². The van der Waals surface area contributed by atoms with Crippen molar-refractivity contribution >= 4 is 11.9 Å². The molecule has 2 heterocycles. The monoisotopic (exact) mass is 635 g/mol. The van der Waals surface area contributed by atoms with E-state index in [1.54, 1.807) is 0 Å². The van der Waals surface area contributed by atoms with Gasteiger partial charge in [-0.25, -0.2) is 4.79 Å². The van der Waals surface area contributed by atoms with E-state index in [0.29, 0.717) is 0 Å². The minimum atomic E-state index is -3.06. The molecule has 20 nitrogen and oxygen atoms in total. The van der Waals surface area contributed by atoms with Crippen LogP contribution in [0.5, 0.6) is 0 Å². The lowest BCUT2D eigenvalue weighted by Gasteiger charge is -2.50. The molecule has 2 aliphatic heterocycles. The van der Waals surface area contributed by atoms with E-state index in [1.165, 1.54) is 0 Å². The van der Waals surface area contributed by atoms with Crippen molar-refractivity contribution in [1.82, 2.24) is 5.32 Å². The van der Waals surface area contributed by atoms with E-state index >= 15 is 0 Å². The molecular weight excluding hydrogens is 594 g/mol. The topological polar surface area (TPSA) is 346 Å². The number of hydrogen-bond acceptors (Lipinski definition) is 18. The molecular formula is C23H41NO19. The van der Waals surface area contributed by atoms with Crippen LogP contribution in [0.2, 0.25) is 0 Å². The van der Waals surface area contributed by atoms with Crippen LogP contribution in [-0.2, 0) is 28.5 Å². The van der Waals surface area contributed by atoms with Crippen molar-refractivity contribution in [2.24, 2.45) is 0 Å². The lowest BCUT2D eigenvalue weighted by atomic mass is 9.88. The van der Waals surface area contributed by atoms with Crippen molar-refractivity contribution < 1.29 is 94.9 Å². The summed E-state index contributed by atoms with van der Waals surface area (Å²) in [6.07, 6.45) is -27.2. The number of nitrogens with one attached hydrogen (secondary N) is 1. The number of ether oxygens (including phenoxy) is 4. The fourth-order valence-electron chi connectivity index (χ4n) is 4.76. The summed E-state index contributed by atoms with van der Waals surface area (Å²) in [5.41, 5.74) is 0. The standard InChI is InChI=1S/C23H41NO19/c1-7(29)24-13-8(30)2-23(22(38)39,42-19(13)15(35)10(32)4-26)43-20-16(36)12(6-28)40-21(17(20)37)41-18(11(33)5-27)14(34)9(31)3-25/h8-21,25-28,30-37H,2-6H2,1H3,(H,24,29)(H,38,39)/t8-,9-,10+,11+,12+,13+,14+,15+,16-,17+,18+,19+,20?,21-,23-/m0/s1. The fraction of sp³-hybridized carbons (Fsp3) is 0.913. The van der Waals surface area contributed by atoms with Crippen LogP contribution >= 0.6 is 0 Å². The third-order valence-electron chi connectivity index (χ3n) is 7.11. The second-order valence-corrected chi connectivity index (χ2v) is 10.3. The number of aliphatic hydroxyl groups is 12. The Hall–Kier alpha value is -1.70. The summed E-state index contributed by atoms with van der Waals surface area (Å²) in [5, 5.41) is 133. The van der Waals surface area contributed by atoms with Crippen LogP contribution in [-0.4, -0.2) is 196 Å². The maximum absolute atomic E-state index is 12.5. The Labute approximate surface area is 243 Å². The summed E-state index contributed by atoms with van der Waals surface area (Å²) < 4.78 is 21.6. The molecule has 2 aliphatic rings. The highest BCUT2D eigenvalue weighted by atomic mass is 16.8. The average Bonchev–Trinajstić information content (AvgIpc) is 2.97. The van der Waals surface area contributed by atoms with E-state index in [0.717, 1.165) is 6.92 Å². The lowest BCUT2D eigenvalue weighted by molar-refractivity contribution is -0.377. The second-order valence-electron chi connectivity index (χ2n) is 10.3. The third-order valence-corrected chi connectivity index (χ3v) is 7.11. The molecule has 14 N–H and O–H groups in total. The van der Waals surface area contributed by atoms with Crippen LogP contribution in [0.4, 0.5) is 0 Å². The maximum atomic E-state index is 12.5. The Morgan fingerprint density at radius 2 is 1.51 bits per heavy atom. The van der Waals surface area contributed by atoms with Crippen molar-refractivity contribution in [3.8, 4) is 0 Å². The summed E-state index contributed by atoms with van der Waals surface area (Å²) in [6.45, 7) is -3.15. The molecule has 0 saturated carbocycles. The number of carboxylic acid groups (broad SMARTS) is 1. The molecule has 0 spiro atoms. The third kappa shape index (κ3) is 8.52. The minimum absolute atomic E-state index is 0.763. The van der Waals surface area contributed by atoms with Gasteiger partial charge in [0.1, 0.15) is 67.1 Å². The Kier molecular flexibility index (Phi) is 14.0. The highest BCUT2D eigenvalue weighted by molar-refractivity contribution is 5.76. The lowest BCUT2D eigenvalue weighted by Crippen LogP contribution is -2.70. The zero-order chi connectivity index (χ0) is 32.8. The van der Waals surface area contributed by atoms with Gasteiger partial charge in [0.05, 0.1) is 38.6 Å². The van der Waals surface area contributed by atoms with Crippen LogP contribution in [0.3, 0.4) is 0 Å². The molecule has 1 unspecified atom stereocenters. The molecule has 0 aromatic carbocycles. The van der Waals surface area contributed by atoms with Crippen molar-refractivity contribution in [2.75, 3.05) is 26.4 Å². The van der Waals surface area contributed by atoms with Crippen LogP contribution in [0.15, 0.2) is 0 Å². The molecule has 1 amide bonds. The number of hydrogen-bond donors (Lipinski definition) is 14. The first-order valence-corrected chi connectivity index (χ1v) is 13.1. The van der Waals surface area contributed by atoms with Gasteiger partial charge in [0.15, 0.2) is 6.29 Å². The molecule has 252 valence electrons.